The van der Waals surface area contributed by atoms with Crippen molar-refractivity contribution in [3.8, 4) is 5.75 Å². The number of nitrogens with two attached hydrogens (primary N) is 1. The second-order valence-electron chi connectivity index (χ2n) is 6.07. The van der Waals surface area contributed by atoms with Crippen molar-refractivity contribution in [1.29, 1.82) is 0 Å². The Hall–Kier alpha value is -2.40. The normalized spacial score (nSPS) is 12.2. The SMILES string of the molecule is CC(C)C(NCc1cccc(OCc2cccc(F)c2)c1)C(N)=O. The number of nitrogens with one attached hydrogen (secondary N) is 1. The number of hydrogen-bond acceptors (Lipinski definition) is 3. The minimum Gasteiger partial charge on any atom is -0.489 e. The van der Waals surface area contributed by atoms with Gasteiger partial charge in [0.2, 0.25) is 5.91 Å². The van der Waals surface area contributed by atoms with Crippen molar-refractivity contribution in [2.45, 2.75) is 33.0 Å². The van der Waals surface area contributed by atoms with Crippen molar-refractivity contribution in [3.05, 3.63) is 65.5 Å². The largest absolute Gasteiger partial charge is 0.489 e. The molecule has 128 valence electrons. The molecule has 0 fully saturated rings. The fraction of sp³-hybridized carbons (Fsp3) is 0.316. The minimum atomic E-state index is -0.373. The molecule has 0 bridgehead atoms. The maximum Gasteiger partial charge on any atom is 0.234 e. The van der Waals surface area contributed by atoms with Crippen molar-refractivity contribution >= 4 is 5.91 Å². The van der Waals surface area contributed by atoms with Crippen LogP contribution in [0.4, 0.5) is 4.39 Å². The van der Waals surface area contributed by atoms with Crippen LogP contribution in [0.25, 0.3) is 0 Å². The average molecular weight is 330 g/mol. The maximum atomic E-state index is 13.2. The van der Waals surface area contributed by atoms with Crippen LogP contribution in [0.2, 0.25) is 0 Å². The highest BCUT2D eigenvalue weighted by Gasteiger charge is 2.18. The summed E-state index contributed by atoms with van der Waals surface area (Å²) in [4.78, 5) is 11.4. The number of primary amides is 1. The van der Waals surface area contributed by atoms with Crippen LogP contribution in [-0.2, 0) is 17.9 Å². The number of ether oxygens (including phenoxy) is 1. The Kier molecular flexibility index (Phi) is 6.32. The van der Waals surface area contributed by atoms with Gasteiger partial charge in [-0.3, -0.25) is 4.79 Å². The molecular weight excluding hydrogens is 307 g/mol. The summed E-state index contributed by atoms with van der Waals surface area (Å²) in [5, 5.41) is 3.16. The molecule has 0 saturated heterocycles. The molecule has 0 spiro atoms. The van der Waals surface area contributed by atoms with Gasteiger partial charge < -0.3 is 15.8 Å². The molecule has 0 radical (unpaired) electrons. The average Bonchev–Trinajstić information content (AvgIpc) is 2.53. The Morgan fingerprint density at radius 1 is 1.17 bits per heavy atom. The molecule has 1 amide bonds. The number of benzene rings is 2. The molecule has 1 atom stereocenters. The van der Waals surface area contributed by atoms with E-state index in [1.54, 1.807) is 6.07 Å². The van der Waals surface area contributed by atoms with E-state index in [0.29, 0.717) is 18.9 Å². The van der Waals surface area contributed by atoms with E-state index in [1.165, 1.54) is 12.1 Å². The summed E-state index contributed by atoms with van der Waals surface area (Å²) in [5.41, 5.74) is 7.15. The van der Waals surface area contributed by atoms with Gasteiger partial charge in [-0.2, -0.15) is 0 Å². The molecular formula is C19H23FN2O2. The van der Waals surface area contributed by atoms with Gasteiger partial charge in [0.1, 0.15) is 18.2 Å². The summed E-state index contributed by atoms with van der Waals surface area (Å²) in [7, 11) is 0. The zero-order chi connectivity index (χ0) is 17.5. The molecule has 2 rings (SSSR count). The van der Waals surface area contributed by atoms with Gasteiger partial charge in [0.25, 0.3) is 0 Å². The van der Waals surface area contributed by atoms with E-state index >= 15 is 0 Å². The quantitative estimate of drug-likeness (QED) is 0.782. The third kappa shape index (κ3) is 5.35. The first kappa shape index (κ1) is 17.9. The summed E-state index contributed by atoms with van der Waals surface area (Å²) in [6.07, 6.45) is 0. The molecule has 0 aromatic heterocycles. The lowest BCUT2D eigenvalue weighted by Gasteiger charge is -2.19. The highest BCUT2D eigenvalue weighted by molar-refractivity contribution is 5.80. The zero-order valence-corrected chi connectivity index (χ0v) is 14.0. The van der Waals surface area contributed by atoms with Crippen LogP contribution in [0.3, 0.4) is 0 Å². The lowest BCUT2D eigenvalue weighted by molar-refractivity contribution is -0.121. The minimum absolute atomic E-state index is 0.120. The van der Waals surface area contributed by atoms with Gasteiger partial charge >= 0.3 is 0 Å². The Morgan fingerprint density at radius 3 is 2.54 bits per heavy atom. The van der Waals surface area contributed by atoms with Crippen LogP contribution in [0.1, 0.15) is 25.0 Å². The smallest absolute Gasteiger partial charge is 0.234 e. The Balaban J connectivity index is 1.94. The van der Waals surface area contributed by atoms with E-state index in [-0.39, 0.29) is 23.7 Å². The van der Waals surface area contributed by atoms with Crippen molar-refractivity contribution in [3.63, 3.8) is 0 Å². The standard InChI is InChI=1S/C19H23FN2O2/c1-13(2)18(19(21)23)22-11-14-5-4-8-17(10-14)24-12-15-6-3-7-16(20)9-15/h3-10,13,18,22H,11-12H2,1-2H3,(H2,21,23). The molecule has 0 aliphatic rings. The lowest BCUT2D eigenvalue weighted by atomic mass is 10.0. The number of hydrogen-bond donors (Lipinski definition) is 2. The van der Waals surface area contributed by atoms with Crippen LogP contribution in [-0.4, -0.2) is 11.9 Å². The molecule has 0 heterocycles. The summed E-state index contributed by atoms with van der Waals surface area (Å²) in [5.74, 6) is 0.178. The zero-order valence-electron chi connectivity index (χ0n) is 14.0. The van der Waals surface area contributed by atoms with E-state index in [2.05, 4.69) is 5.32 Å². The molecule has 2 aromatic carbocycles. The first-order chi connectivity index (χ1) is 11.5. The maximum absolute atomic E-state index is 13.2. The van der Waals surface area contributed by atoms with E-state index in [0.717, 1.165) is 11.1 Å². The van der Waals surface area contributed by atoms with Gasteiger partial charge in [0.15, 0.2) is 0 Å². The summed E-state index contributed by atoms with van der Waals surface area (Å²) < 4.78 is 18.9. The third-order valence-electron chi connectivity index (χ3n) is 3.69. The number of amides is 1. The fourth-order valence-electron chi connectivity index (χ4n) is 2.43. The monoisotopic (exact) mass is 330 g/mol. The van der Waals surface area contributed by atoms with Crippen LogP contribution < -0.4 is 15.8 Å². The first-order valence-electron chi connectivity index (χ1n) is 7.94. The second kappa shape index (κ2) is 8.45. The highest BCUT2D eigenvalue weighted by Crippen LogP contribution is 2.16. The molecule has 3 N–H and O–H groups in total. The van der Waals surface area contributed by atoms with Gasteiger partial charge in [-0.25, -0.2) is 4.39 Å². The lowest BCUT2D eigenvalue weighted by Crippen LogP contribution is -2.44. The number of carbonyl (C=O) groups excluding carboxylic acids is 1. The first-order valence-corrected chi connectivity index (χ1v) is 7.94. The third-order valence-corrected chi connectivity index (χ3v) is 3.69. The molecule has 4 nitrogen and oxygen atoms in total. The van der Waals surface area contributed by atoms with Gasteiger partial charge in [-0.05, 0) is 41.3 Å². The van der Waals surface area contributed by atoms with Gasteiger partial charge in [-0.1, -0.05) is 38.1 Å². The summed E-state index contributed by atoms with van der Waals surface area (Å²) in [6, 6.07) is 13.5. The predicted molar refractivity (Wildman–Crippen MR) is 91.8 cm³/mol. The topological polar surface area (TPSA) is 64.3 Å². The van der Waals surface area contributed by atoms with Crippen LogP contribution in [0, 0.1) is 11.7 Å². The molecule has 0 saturated carbocycles. The highest BCUT2D eigenvalue weighted by atomic mass is 19.1. The molecule has 1 unspecified atom stereocenters. The Labute approximate surface area is 141 Å². The summed E-state index contributed by atoms with van der Waals surface area (Å²) in [6.45, 7) is 4.70. The molecule has 0 aliphatic carbocycles. The Bertz CT molecular complexity index is 689. The van der Waals surface area contributed by atoms with E-state index in [1.807, 2.05) is 44.2 Å². The summed E-state index contributed by atoms with van der Waals surface area (Å²) >= 11 is 0. The van der Waals surface area contributed by atoms with Gasteiger partial charge in [0, 0.05) is 6.54 Å². The Morgan fingerprint density at radius 2 is 1.88 bits per heavy atom. The van der Waals surface area contributed by atoms with Crippen LogP contribution in [0.5, 0.6) is 5.75 Å². The molecule has 2 aromatic rings. The number of carbonyl (C=O) groups is 1. The van der Waals surface area contributed by atoms with Crippen molar-refractivity contribution < 1.29 is 13.9 Å². The molecule has 24 heavy (non-hydrogen) atoms. The fourth-order valence-corrected chi connectivity index (χ4v) is 2.43. The van der Waals surface area contributed by atoms with E-state index in [4.69, 9.17) is 10.5 Å². The van der Waals surface area contributed by atoms with Gasteiger partial charge in [0.05, 0.1) is 6.04 Å². The van der Waals surface area contributed by atoms with Gasteiger partial charge in [-0.15, -0.1) is 0 Å². The predicted octanol–water partition coefficient (Wildman–Crippen LogP) is 3.00. The van der Waals surface area contributed by atoms with Crippen molar-refractivity contribution in [1.82, 2.24) is 5.32 Å². The molecule has 5 heteroatoms. The van der Waals surface area contributed by atoms with Crippen molar-refractivity contribution in [2.24, 2.45) is 11.7 Å². The van der Waals surface area contributed by atoms with E-state index in [9.17, 15) is 9.18 Å². The van der Waals surface area contributed by atoms with E-state index < -0.39 is 0 Å². The molecule has 0 aliphatic heterocycles. The number of rotatable bonds is 8. The number of halogens is 1. The van der Waals surface area contributed by atoms with Crippen LogP contribution in [0.15, 0.2) is 48.5 Å². The van der Waals surface area contributed by atoms with Crippen molar-refractivity contribution in [2.75, 3.05) is 0 Å². The van der Waals surface area contributed by atoms with Crippen LogP contribution >= 0.6 is 0 Å². The second-order valence-corrected chi connectivity index (χ2v) is 6.07.